The molecule has 2 aromatic carbocycles. The van der Waals surface area contributed by atoms with Crippen LogP contribution in [0.1, 0.15) is 12.5 Å². The third-order valence-electron chi connectivity index (χ3n) is 2.64. The molecule has 5 heteroatoms. The molecule has 0 spiro atoms. The summed E-state index contributed by atoms with van der Waals surface area (Å²) in [5, 5.41) is 13.2. The predicted octanol–water partition coefficient (Wildman–Crippen LogP) is 5.83. The lowest BCUT2D eigenvalue weighted by atomic mass is 10.2. The van der Waals surface area contributed by atoms with Crippen molar-refractivity contribution in [2.24, 2.45) is 0 Å². The number of hydrogen-bond donors (Lipinski definition) is 1. The highest BCUT2D eigenvalue weighted by atomic mass is 79.9. The first-order valence-electron chi connectivity index (χ1n) is 6.03. The number of halogens is 2. The number of anilines is 2. The van der Waals surface area contributed by atoms with Crippen LogP contribution in [0.3, 0.4) is 0 Å². The van der Waals surface area contributed by atoms with Crippen molar-refractivity contribution in [2.45, 2.75) is 11.8 Å². The first kappa shape index (κ1) is 15.2. The van der Waals surface area contributed by atoms with Gasteiger partial charge in [0.1, 0.15) is 6.07 Å². The molecule has 0 amide bonds. The van der Waals surface area contributed by atoms with Crippen LogP contribution in [0.25, 0.3) is 0 Å². The van der Waals surface area contributed by atoms with Crippen LogP contribution in [0.2, 0.25) is 5.02 Å². The Bertz CT molecular complexity index is 667. The fourth-order valence-corrected chi connectivity index (χ4v) is 3.08. The summed E-state index contributed by atoms with van der Waals surface area (Å²) < 4.78 is 0.932. The van der Waals surface area contributed by atoms with Crippen LogP contribution in [0, 0.1) is 11.3 Å². The van der Waals surface area contributed by atoms with E-state index < -0.39 is 0 Å². The van der Waals surface area contributed by atoms with Crippen LogP contribution in [0.4, 0.5) is 11.4 Å². The van der Waals surface area contributed by atoms with E-state index in [1.54, 1.807) is 11.8 Å². The predicted molar refractivity (Wildman–Crippen MR) is 90.0 cm³/mol. The minimum absolute atomic E-state index is 0.616. The first-order valence-corrected chi connectivity index (χ1v) is 8.19. The van der Waals surface area contributed by atoms with Crippen molar-refractivity contribution in [3.8, 4) is 6.07 Å². The third kappa shape index (κ3) is 3.49. The van der Waals surface area contributed by atoms with Crippen LogP contribution in [0.15, 0.2) is 45.8 Å². The lowest BCUT2D eigenvalue weighted by Gasteiger charge is -2.12. The molecule has 20 heavy (non-hydrogen) atoms. The number of hydrogen-bond acceptors (Lipinski definition) is 3. The number of nitrogens with one attached hydrogen (secondary N) is 1. The second-order valence-electron chi connectivity index (χ2n) is 3.97. The summed E-state index contributed by atoms with van der Waals surface area (Å²) in [6, 6.07) is 13.6. The van der Waals surface area contributed by atoms with E-state index >= 15 is 0 Å². The van der Waals surface area contributed by atoms with Gasteiger partial charge >= 0.3 is 0 Å². The maximum absolute atomic E-state index is 9.38. The topological polar surface area (TPSA) is 35.8 Å². The summed E-state index contributed by atoms with van der Waals surface area (Å²) in [6.45, 7) is 2.07. The summed E-state index contributed by atoms with van der Waals surface area (Å²) in [7, 11) is 0. The SMILES string of the molecule is CCSc1cccc(Nc2cc(Br)ccc2Cl)c1C#N. The van der Waals surface area contributed by atoms with Crippen molar-refractivity contribution in [2.75, 3.05) is 11.1 Å². The zero-order chi connectivity index (χ0) is 14.5. The van der Waals surface area contributed by atoms with Crippen LogP contribution in [-0.4, -0.2) is 5.75 Å². The number of nitriles is 1. The van der Waals surface area contributed by atoms with Gasteiger partial charge in [-0.3, -0.25) is 0 Å². The molecule has 1 N–H and O–H groups in total. The molecule has 0 saturated heterocycles. The number of nitrogens with zero attached hydrogens (tertiary/aromatic N) is 1. The number of benzene rings is 2. The van der Waals surface area contributed by atoms with Crippen LogP contribution in [-0.2, 0) is 0 Å². The quantitative estimate of drug-likeness (QED) is 0.691. The first-order chi connectivity index (χ1) is 9.65. The molecule has 102 valence electrons. The molecule has 2 nitrogen and oxygen atoms in total. The highest BCUT2D eigenvalue weighted by molar-refractivity contribution is 9.10. The van der Waals surface area contributed by atoms with Gasteiger partial charge < -0.3 is 5.32 Å². The highest BCUT2D eigenvalue weighted by Gasteiger charge is 2.10. The fourth-order valence-electron chi connectivity index (χ4n) is 1.76. The zero-order valence-corrected chi connectivity index (χ0v) is 13.9. The van der Waals surface area contributed by atoms with Crippen molar-refractivity contribution in [1.29, 1.82) is 5.26 Å². The Hall–Kier alpha value is -1.15. The van der Waals surface area contributed by atoms with Crippen LogP contribution in [0.5, 0.6) is 0 Å². The standard InChI is InChI=1S/C15H12BrClN2S/c1-2-20-15-5-3-4-13(11(15)9-18)19-14-8-10(16)6-7-12(14)17/h3-8,19H,2H2,1H3. The van der Waals surface area contributed by atoms with Gasteiger partial charge in [-0.05, 0) is 36.1 Å². The molecule has 0 aliphatic rings. The molecule has 0 radical (unpaired) electrons. The fraction of sp³-hybridized carbons (Fsp3) is 0.133. The van der Waals surface area contributed by atoms with Gasteiger partial charge in [0.25, 0.3) is 0 Å². The zero-order valence-electron chi connectivity index (χ0n) is 10.8. The average Bonchev–Trinajstić information content (AvgIpc) is 2.43. The lowest BCUT2D eigenvalue weighted by Crippen LogP contribution is -1.96. The van der Waals surface area contributed by atoms with Crippen LogP contribution >= 0.6 is 39.3 Å². The maximum atomic E-state index is 9.38. The largest absolute Gasteiger partial charge is 0.353 e. The molecule has 0 unspecified atom stereocenters. The van der Waals surface area contributed by atoms with Gasteiger partial charge in [-0.25, -0.2) is 0 Å². The molecule has 0 aromatic heterocycles. The van der Waals surface area contributed by atoms with E-state index in [0.717, 1.165) is 26.5 Å². The van der Waals surface area contributed by atoms with Gasteiger partial charge in [-0.1, -0.05) is 40.5 Å². The minimum atomic E-state index is 0.616. The summed E-state index contributed by atoms with van der Waals surface area (Å²) >= 11 is 11.2. The van der Waals surface area contributed by atoms with Gasteiger partial charge in [0, 0.05) is 9.37 Å². The maximum Gasteiger partial charge on any atom is 0.103 e. The van der Waals surface area contributed by atoms with E-state index in [-0.39, 0.29) is 0 Å². The Labute approximate surface area is 136 Å². The van der Waals surface area contributed by atoms with E-state index in [1.807, 2.05) is 36.4 Å². The smallest absolute Gasteiger partial charge is 0.103 e. The second kappa shape index (κ2) is 7.03. The summed E-state index contributed by atoms with van der Waals surface area (Å²) in [5.74, 6) is 0.926. The van der Waals surface area contributed by atoms with Gasteiger partial charge in [0.2, 0.25) is 0 Å². The summed E-state index contributed by atoms with van der Waals surface area (Å²) in [4.78, 5) is 0.978. The Morgan fingerprint density at radius 3 is 2.80 bits per heavy atom. The number of rotatable bonds is 4. The molecule has 0 saturated carbocycles. The Morgan fingerprint density at radius 2 is 2.10 bits per heavy atom. The molecular formula is C15H12BrClN2S. The summed E-state index contributed by atoms with van der Waals surface area (Å²) in [5.41, 5.74) is 2.19. The van der Waals surface area contributed by atoms with Gasteiger partial charge in [-0.2, -0.15) is 5.26 Å². The second-order valence-corrected chi connectivity index (χ2v) is 6.60. The van der Waals surface area contributed by atoms with Crippen molar-refractivity contribution < 1.29 is 0 Å². The van der Waals surface area contributed by atoms with E-state index in [0.29, 0.717) is 10.6 Å². The normalized spacial score (nSPS) is 10.1. The Balaban J connectivity index is 2.41. The molecule has 0 bridgehead atoms. The van der Waals surface area contributed by atoms with Crippen molar-refractivity contribution >= 4 is 50.7 Å². The lowest BCUT2D eigenvalue weighted by molar-refractivity contribution is 1.34. The van der Waals surface area contributed by atoms with Gasteiger partial charge in [0.15, 0.2) is 0 Å². The molecule has 2 rings (SSSR count). The minimum Gasteiger partial charge on any atom is -0.353 e. The van der Waals surface area contributed by atoms with Crippen molar-refractivity contribution in [3.05, 3.63) is 51.5 Å². The van der Waals surface area contributed by atoms with Gasteiger partial charge in [0.05, 0.1) is 22.0 Å². The van der Waals surface area contributed by atoms with E-state index in [2.05, 4.69) is 34.2 Å². The Kier molecular flexibility index (Phi) is 5.36. The molecule has 2 aromatic rings. The monoisotopic (exact) mass is 366 g/mol. The van der Waals surface area contributed by atoms with E-state index in [4.69, 9.17) is 11.6 Å². The average molecular weight is 368 g/mol. The molecule has 0 atom stereocenters. The van der Waals surface area contributed by atoms with Crippen molar-refractivity contribution in [3.63, 3.8) is 0 Å². The van der Waals surface area contributed by atoms with E-state index in [1.165, 1.54) is 0 Å². The van der Waals surface area contributed by atoms with E-state index in [9.17, 15) is 5.26 Å². The van der Waals surface area contributed by atoms with Gasteiger partial charge in [-0.15, -0.1) is 11.8 Å². The molecular weight excluding hydrogens is 356 g/mol. The third-order valence-corrected chi connectivity index (χ3v) is 4.40. The Morgan fingerprint density at radius 1 is 1.30 bits per heavy atom. The highest BCUT2D eigenvalue weighted by Crippen LogP contribution is 2.33. The van der Waals surface area contributed by atoms with Crippen LogP contribution < -0.4 is 5.32 Å². The molecule has 0 fully saturated rings. The van der Waals surface area contributed by atoms with Crippen molar-refractivity contribution in [1.82, 2.24) is 0 Å². The number of thioether (sulfide) groups is 1. The molecule has 0 heterocycles. The molecule has 0 aliphatic carbocycles. The summed E-state index contributed by atoms with van der Waals surface area (Å²) in [6.07, 6.45) is 0. The molecule has 0 aliphatic heterocycles.